The lowest BCUT2D eigenvalue weighted by Crippen LogP contribution is -2.13. The summed E-state index contributed by atoms with van der Waals surface area (Å²) in [6, 6.07) is 10.3. The first-order chi connectivity index (χ1) is 6.25. The second-order valence-electron chi connectivity index (χ2n) is 2.94. The summed E-state index contributed by atoms with van der Waals surface area (Å²) in [6.45, 7) is 5.74. The van der Waals surface area contributed by atoms with Gasteiger partial charge in [-0.2, -0.15) is 0 Å². The Bertz CT molecular complexity index is 298. The van der Waals surface area contributed by atoms with Gasteiger partial charge >= 0.3 is 0 Å². The maximum atomic E-state index is 3.67. The molecule has 1 nitrogen and oxygen atoms in total. The van der Waals surface area contributed by atoms with Crippen molar-refractivity contribution in [1.82, 2.24) is 0 Å². The van der Waals surface area contributed by atoms with Gasteiger partial charge in [0.25, 0.3) is 0 Å². The molecule has 0 saturated carbocycles. The van der Waals surface area contributed by atoms with Gasteiger partial charge in [0.2, 0.25) is 0 Å². The fourth-order valence-corrected chi connectivity index (χ4v) is 1.14. The van der Waals surface area contributed by atoms with Crippen LogP contribution in [0.1, 0.15) is 6.92 Å². The first kappa shape index (κ1) is 9.59. The van der Waals surface area contributed by atoms with Crippen molar-refractivity contribution in [2.75, 3.05) is 11.9 Å². The summed E-state index contributed by atoms with van der Waals surface area (Å²) in [5.74, 6) is 0. The van der Waals surface area contributed by atoms with E-state index in [2.05, 4.69) is 30.5 Å². The van der Waals surface area contributed by atoms with Crippen LogP contribution in [0.5, 0.6) is 0 Å². The Balaban J connectivity index is 2.85. The third-order valence-electron chi connectivity index (χ3n) is 2.03. The summed E-state index contributed by atoms with van der Waals surface area (Å²) >= 11 is 0. The third-order valence-corrected chi connectivity index (χ3v) is 2.03. The maximum absolute atomic E-state index is 3.67. The van der Waals surface area contributed by atoms with Gasteiger partial charge in [-0.3, -0.25) is 0 Å². The van der Waals surface area contributed by atoms with Gasteiger partial charge < -0.3 is 4.90 Å². The predicted molar refractivity (Wildman–Crippen MR) is 58.8 cm³/mol. The van der Waals surface area contributed by atoms with Gasteiger partial charge in [-0.1, -0.05) is 30.9 Å². The van der Waals surface area contributed by atoms with Crippen molar-refractivity contribution < 1.29 is 0 Å². The van der Waals surface area contributed by atoms with Crippen LogP contribution in [0.15, 0.2) is 54.8 Å². The molecule has 1 aromatic carbocycles. The van der Waals surface area contributed by atoms with Gasteiger partial charge in [0.1, 0.15) is 0 Å². The summed E-state index contributed by atoms with van der Waals surface area (Å²) in [7, 11) is 2.05. The van der Waals surface area contributed by atoms with Crippen molar-refractivity contribution >= 4 is 5.69 Å². The quantitative estimate of drug-likeness (QED) is 0.634. The van der Waals surface area contributed by atoms with E-state index in [4.69, 9.17) is 0 Å². The van der Waals surface area contributed by atoms with Gasteiger partial charge in [0.15, 0.2) is 0 Å². The number of rotatable bonds is 3. The summed E-state index contributed by atoms with van der Waals surface area (Å²) in [4.78, 5) is 2.13. The van der Waals surface area contributed by atoms with Gasteiger partial charge in [-0.15, -0.1) is 0 Å². The predicted octanol–water partition coefficient (Wildman–Crippen LogP) is 3.21. The molecule has 0 saturated heterocycles. The number of allylic oxidation sites excluding steroid dienone is 3. The average Bonchev–Trinajstić information content (AvgIpc) is 2.18. The summed E-state index contributed by atoms with van der Waals surface area (Å²) < 4.78 is 0. The van der Waals surface area contributed by atoms with E-state index in [1.807, 2.05) is 31.3 Å². The molecule has 0 N–H and O–H groups in total. The van der Waals surface area contributed by atoms with Crippen LogP contribution in [-0.4, -0.2) is 7.05 Å². The standard InChI is InChI=1S/C12H15N/c1-4-8-11(2)13(3)12-9-6-5-7-10-12/h4-10H,1H2,2-3H3/b11-8+. The van der Waals surface area contributed by atoms with Crippen LogP contribution >= 0.6 is 0 Å². The Kier molecular flexibility index (Phi) is 3.32. The number of nitrogens with zero attached hydrogens (tertiary/aromatic N) is 1. The van der Waals surface area contributed by atoms with E-state index < -0.39 is 0 Å². The lowest BCUT2D eigenvalue weighted by Gasteiger charge is -2.19. The highest BCUT2D eigenvalue weighted by molar-refractivity contribution is 5.50. The first-order valence-corrected chi connectivity index (χ1v) is 4.34. The summed E-state index contributed by atoms with van der Waals surface area (Å²) in [5.41, 5.74) is 2.37. The molecule has 0 aliphatic carbocycles. The molecule has 1 rings (SSSR count). The van der Waals surface area contributed by atoms with Crippen molar-refractivity contribution in [1.29, 1.82) is 0 Å². The second-order valence-corrected chi connectivity index (χ2v) is 2.94. The summed E-state index contributed by atoms with van der Waals surface area (Å²) in [6.07, 6.45) is 3.79. The van der Waals surface area contributed by atoms with Crippen molar-refractivity contribution in [3.8, 4) is 0 Å². The lowest BCUT2D eigenvalue weighted by atomic mass is 10.3. The highest BCUT2D eigenvalue weighted by Crippen LogP contribution is 2.15. The molecule has 0 radical (unpaired) electrons. The van der Waals surface area contributed by atoms with Gasteiger partial charge in [0, 0.05) is 18.4 Å². The Morgan fingerprint density at radius 3 is 2.46 bits per heavy atom. The number of para-hydroxylation sites is 1. The Morgan fingerprint density at radius 2 is 1.92 bits per heavy atom. The molecule has 0 spiro atoms. The minimum absolute atomic E-state index is 1.18. The molecule has 0 aromatic heterocycles. The number of benzene rings is 1. The highest BCUT2D eigenvalue weighted by atomic mass is 15.1. The molecule has 0 bridgehead atoms. The maximum Gasteiger partial charge on any atom is 0.0405 e. The van der Waals surface area contributed by atoms with Gasteiger partial charge in [-0.25, -0.2) is 0 Å². The largest absolute Gasteiger partial charge is 0.348 e. The normalized spacial score (nSPS) is 11.1. The molecule has 0 atom stereocenters. The van der Waals surface area contributed by atoms with E-state index >= 15 is 0 Å². The molecular formula is C12H15N. The SMILES string of the molecule is C=C/C=C(\C)N(C)c1ccccc1. The fourth-order valence-electron chi connectivity index (χ4n) is 1.14. The van der Waals surface area contributed by atoms with E-state index in [0.717, 1.165) is 0 Å². The van der Waals surface area contributed by atoms with E-state index in [9.17, 15) is 0 Å². The zero-order chi connectivity index (χ0) is 9.68. The number of anilines is 1. The smallest absolute Gasteiger partial charge is 0.0405 e. The van der Waals surface area contributed by atoms with Gasteiger partial charge in [0.05, 0.1) is 0 Å². The Labute approximate surface area is 80.0 Å². The van der Waals surface area contributed by atoms with Crippen LogP contribution in [-0.2, 0) is 0 Å². The molecule has 0 aliphatic rings. The minimum Gasteiger partial charge on any atom is -0.348 e. The molecule has 1 aromatic rings. The zero-order valence-electron chi connectivity index (χ0n) is 8.20. The molecule has 0 unspecified atom stereocenters. The summed E-state index contributed by atoms with van der Waals surface area (Å²) in [5, 5.41) is 0. The van der Waals surface area contributed by atoms with Crippen LogP contribution in [0.2, 0.25) is 0 Å². The van der Waals surface area contributed by atoms with Crippen molar-refractivity contribution in [3.63, 3.8) is 0 Å². The first-order valence-electron chi connectivity index (χ1n) is 4.34. The lowest BCUT2D eigenvalue weighted by molar-refractivity contribution is 1.09. The highest BCUT2D eigenvalue weighted by Gasteiger charge is 1.99. The number of hydrogen-bond acceptors (Lipinski definition) is 1. The van der Waals surface area contributed by atoms with E-state index in [1.165, 1.54) is 11.4 Å². The van der Waals surface area contributed by atoms with Crippen molar-refractivity contribution in [3.05, 3.63) is 54.8 Å². The fraction of sp³-hybridized carbons (Fsp3) is 0.167. The van der Waals surface area contributed by atoms with E-state index in [-0.39, 0.29) is 0 Å². The van der Waals surface area contributed by atoms with Crippen LogP contribution in [0.25, 0.3) is 0 Å². The molecule has 0 aliphatic heterocycles. The number of hydrogen-bond donors (Lipinski definition) is 0. The second kappa shape index (κ2) is 4.51. The molecule has 0 amide bonds. The third kappa shape index (κ3) is 2.48. The van der Waals surface area contributed by atoms with Crippen LogP contribution in [0, 0.1) is 0 Å². The van der Waals surface area contributed by atoms with Gasteiger partial charge in [-0.05, 0) is 25.1 Å². The van der Waals surface area contributed by atoms with Crippen LogP contribution in [0.4, 0.5) is 5.69 Å². The van der Waals surface area contributed by atoms with E-state index in [0.29, 0.717) is 0 Å². The molecule has 1 heteroatoms. The Morgan fingerprint density at radius 1 is 1.31 bits per heavy atom. The van der Waals surface area contributed by atoms with Crippen LogP contribution < -0.4 is 4.90 Å². The zero-order valence-corrected chi connectivity index (χ0v) is 8.20. The topological polar surface area (TPSA) is 3.24 Å². The minimum atomic E-state index is 1.18. The average molecular weight is 173 g/mol. The monoisotopic (exact) mass is 173 g/mol. The molecule has 0 fully saturated rings. The molecule has 13 heavy (non-hydrogen) atoms. The van der Waals surface area contributed by atoms with E-state index in [1.54, 1.807) is 6.08 Å². The molecule has 0 heterocycles. The molecular weight excluding hydrogens is 158 g/mol. The molecule has 68 valence electrons. The Hall–Kier alpha value is -1.50. The van der Waals surface area contributed by atoms with Crippen molar-refractivity contribution in [2.24, 2.45) is 0 Å². The van der Waals surface area contributed by atoms with Crippen LogP contribution in [0.3, 0.4) is 0 Å². The van der Waals surface area contributed by atoms with Crippen molar-refractivity contribution in [2.45, 2.75) is 6.92 Å².